The number of carbonyl (C=O) groups is 1. The number of hydrogen-bond donors (Lipinski definition) is 2. The van der Waals surface area contributed by atoms with Crippen molar-refractivity contribution in [2.45, 2.75) is 10.9 Å². The predicted octanol–water partition coefficient (Wildman–Crippen LogP) is 0.960. The molecule has 0 spiro atoms. The molecule has 23 heavy (non-hydrogen) atoms. The molecule has 1 aromatic carbocycles. The summed E-state index contributed by atoms with van der Waals surface area (Å²) in [6, 6.07) is 4.28. The third-order valence-electron chi connectivity index (χ3n) is 4.26. The van der Waals surface area contributed by atoms with Gasteiger partial charge in [0.25, 0.3) is 5.91 Å². The Kier molecular flexibility index (Phi) is 5.27. The standard InChI is InChI=1S/C14H18ClN3O3S.ClH/c1-18(2)14(19)8-3-4-11(15)12(5-8)22(20,21)17-13-9-6-16-7-10(9)13;/h3-5,9-10,13,16-17H,6-7H2,1-2H3;1H/t9-,10+,13?;. The molecule has 6 nitrogen and oxygen atoms in total. The van der Waals surface area contributed by atoms with Gasteiger partial charge in [0.2, 0.25) is 10.0 Å². The lowest BCUT2D eigenvalue weighted by Gasteiger charge is -2.13. The number of amides is 1. The molecule has 3 rings (SSSR count). The molecule has 3 atom stereocenters. The van der Waals surface area contributed by atoms with Crippen LogP contribution in [0.2, 0.25) is 5.02 Å². The number of benzene rings is 1. The molecule has 1 aliphatic carbocycles. The highest BCUT2D eigenvalue weighted by molar-refractivity contribution is 7.89. The van der Waals surface area contributed by atoms with Crippen LogP contribution in [0, 0.1) is 11.8 Å². The van der Waals surface area contributed by atoms with E-state index in [1.807, 2.05) is 0 Å². The Bertz CT molecular complexity index is 714. The van der Waals surface area contributed by atoms with E-state index in [2.05, 4.69) is 10.0 Å². The van der Waals surface area contributed by atoms with E-state index in [-0.39, 0.29) is 34.3 Å². The van der Waals surface area contributed by atoms with Crippen molar-refractivity contribution in [3.05, 3.63) is 28.8 Å². The van der Waals surface area contributed by atoms with Crippen molar-refractivity contribution >= 4 is 39.9 Å². The third kappa shape index (κ3) is 3.49. The molecular formula is C14H19Cl2N3O3S. The number of piperidine rings is 1. The van der Waals surface area contributed by atoms with Crippen molar-refractivity contribution in [1.29, 1.82) is 0 Å². The summed E-state index contributed by atoms with van der Waals surface area (Å²) in [7, 11) is -0.506. The normalized spacial score (nSPS) is 25.4. The zero-order valence-corrected chi connectivity index (χ0v) is 15.1. The number of sulfonamides is 1. The van der Waals surface area contributed by atoms with Crippen LogP contribution in [-0.2, 0) is 10.0 Å². The summed E-state index contributed by atoms with van der Waals surface area (Å²) < 4.78 is 27.8. The minimum Gasteiger partial charge on any atom is -0.345 e. The van der Waals surface area contributed by atoms with Gasteiger partial charge in [-0.3, -0.25) is 4.79 Å². The third-order valence-corrected chi connectivity index (χ3v) is 6.20. The van der Waals surface area contributed by atoms with Gasteiger partial charge in [-0.25, -0.2) is 13.1 Å². The molecule has 128 valence electrons. The van der Waals surface area contributed by atoms with Crippen LogP contribution in [0.5, 0.6) is 0 Å². The van der Waals surface area contributed by atoms with Crippen LogP contribution >= 0.6 is 24.0 Å². The van der Waals surface area contributed by atoms with Crippen LogP contribution in [0.1, 0.15) is 10.4 Å². The number of rotatable bonds is 4. The molecular weight excluding hydrogens is 361 g/mol. The van der Waals surface area contributed by atoms with Gasteiger partial charge in [0.1, 0.15) is 4.90 Å². The van der Waals surface area contributed by atoms with Crippen molar-refractivity contribution in [1.82, 2.24) is 14.9 Å². The van der Waals surface area contributed by atoms with Gasteiger partial charge in [-0.1, -0.05) is 11.6 Å². The lowest BCUT2D eigenvalue weighted by atomic mass is 10.2. The van der Waals surface area contributed by atoms with Gasteiger partial charge >= 0.3 is 0 Å². The lowest BCUT2D eigenvalue weighted by molar-refractivity contribution is 0.0827. The second-order valence-corrected chi connectivity index (χ2v) is 8.07. The first-order valence-electron chi connectivity index (χ1n) is 7.05. The average Bonchev–Trinajstić information content (AvgIpc) is 2.87. The quantitative estimate of drug-likeness (QED) is 0.816. The summed E-state index contributed by atoms with van der Waals surface area (Å²) in [5, 5.41) is 3.33. The summed E-state index contributed by atoms with van der Waals surface area (Å²) >= 11 is 6.03. The molecule has 0 radical (unpaired) electrons. The van der Waals surface area contributed by atoms with E-state index in [1.54, 1.807) is 14.1 Å². The first-order chi connectivity index (χ1) is 10.3. The first kappa shape index (κ1) is 18.5. The van der Waals surface area contributed by atoms with Crippen molar-refractivity contribution in [2.24, 2.45) is 11.8 Å². The van der Waals surface area contributed by atoms with Crippen LogP contribution < -0.4 is 10.0 Å². The van der Waals surface area contributed by atoms with E-state index in [9.17, 15) is 13.2 Å². The van der Waals surface area contributed by atoms with E-state index >= 15 is 0 Å². The Labute approximate surface area is 147 Å². The van der Waals surface area contributed by atoms with Crippen LogP contribution in [0.4, 0.5) is 0 Å². The molecule has 1 aliphatic heterocycles. The van der Waals surface area contributed by atoms with Gasteiger partial charge < -0.3 is 10.2 Å². The van der Waals surface area contributed by atoms with E-state index in [4.69, 9.17) is 11.6 Å². The maximum Gasteiger partial charge on any atom is 0.253 e. The summed E-state index contributed by atoms with van der Waals surface area (Å²) in [6.45, 7) is 1.68. The summed E-state index contributed by atoms with van der Waals surface area (Å²) in [5.41, 5.74) is 0.299. The SMILES string of the molecule is CN(C)C(=O)c1ccc(Cl)c(S(=O)(=O)NC2[C@H]3CNC[C@@H]23)c1.Cl. The Morgan fingerprint density at radius 1 is 1.30 bits per heavy atom. The number of hydrogen-bond acceptors (Lipinski definition) is 4. The Morgan fingerprint density at radius 3 is 2.48 bits per heavy atom. The van der Waals surface area contributed by atoms with Crippen LogP contribution in [0.25, 0.3) is 0 Å². The van der Waals surface area contributed by atoms with E-state index < -0.39 is 10.0 Å². The first-order valence-corrected chi connectivity index (χ1v) is 8.91. The minimum absolute atomic E-state index is 0. The number of fused-ring (bicyclic) bond motifs is 1. The van der Waals surface area contributed by atoms with E-state index in [0.29, 0.717) is 17.4 Å². The number of nitrogens with zero attached hydrogens (tertiary/aromatic N) is 1. The highest BCUT2D eigenvalue weighted by atomic mass is 35.5. The maximum atomic E-state index is 12.5. The molecule has 1 heterocycles. The number of nitrogens with one attached hydrogen (secondary N) is 2. The van der Waals surface area contributed by atoms with Crippen molar-refractivity contribution in [2.75, 3.05) is 27.2 Å². The highest BCUT2D eigenvalue weighted by Crippen LogP contribution is 2.42. The van der Waals surface area contributed by atoms with Gasteiger partial charge in [0.05, 0.1) is 5.02 Å². The van der Waals surface area contributed by atoms with Gasteiger partial charge in [0, 0.05) is 25.7 Å². The van der Waals surface area contributed by atoms with Gasteiger partial charge in [-0.2, -0.15) is 0 Å². The Balaban J connectivity index is 0.00000192. The maximum absolute atomic E-state index is 12.5. The molecule has 0 bridgehead atoms. The van der Waals surface area contributed by atoms with Crippen LogP contribution in [0.15, 0.2) is 23.1 Å². The molecule has 1 saturated carbocycles. The zero-order chi connectivity index (χ0) is 16.1. The van der Waals surface area contributed by atoms with Crippen molar-refractivity contribution < 1.29 is 13.2 Å². The van der Waals surface area contributed by atoms with Crippen LogP contribution in [-0.4, -0.2) is 52.5 Å². The molecule has 2 fully saturated rings. The van der Waals surface area contributed by atoms with Gasteiger partial charge in [0.15, 0.2) is 0 Å². The average molecular weight is 380 g/mol. The van der Waals surface area contributed by atoms with E-state index in [0.717, 1.165) is 13.1 Å². The van der Waals surface area contributed by atoms with E-state index in [1.165, 1.54) is 23.1 Å². The molecule has 2 aliphatic rings. The smallest absolute Gasteiger partial charge is 0.253 e. The molecule has 1 amide bonds. The molecule has 1 saturated heterocycles. The molecule has 0 aromatic heterocycles. The Hall–Kier alpha value is -0.860. The highest BCUT2D eigenvalue weighted by Gasteiger charge is 2.54. The van der Waals surface area contributed by atoms with Crippen molar-refractivity contribution in [3.63, 3.8) is 0 Å². The largest absolute Gasteiger partial charge is 0.345 e. The fourth-order valence-electron chi connectivity index (χ4n) is 2.94. The monoisotopic (exact) mass is 379 g/mol. The summed E-state index contributed by atoms with van der Waals surface area (Å²) in [6.07, 6.45) is 0. The number of halogens is 2. The number of carbonyl (C=O) groups excluding carboxylic acids is 1. The zero-order valence-electron chi connectivity index (χ0n) is 12.7. The minimum atomic E-state index is -3.73. The lowest BCUT2D eigenvalue weighted by Crippen LogP contribution is -2.33. The second-order valence-electron chi connectivity index (χ2n) is 5.98. The predicted molar refractivity (Wildman–Crippen MR) is 90.7 cm³/mol. The molecule has 2 N–H and O–H groups in total. The topological polar surface area (TPSA) is 78.5 Å². The Morgan fingerprint density at radius 2 is 1.91 bits per heavy atom. The van der Waals surface area contributed by atoms with Gasteiger partial charge in [-0.05, 0) is 43.1 Å². The van der Waals surface area contributed by atoms with Crippen LogP contribution in [0.3, 0.4) is 0 Å². The fourth-order valence-corrected chi connectivity index (χ4v) is 4.80. The van der Waals surface area contributed by atoms with Crippen molar-refractivity contribution in [3.8, 4) is 0 Å². The molecule has 1 unspecified atom stereocenters. The fraction of sp³-hybridized carbons (Fsp3) is 0.500. The second kappa shape index (κ2) is 6.57. The summed E-state index contributed by atoms with van der Waals surface area (Å²) in [5.74, 6) is 0.459. The molecule has 1 aromatic rings. The van der Waals surface area contributed by atoms with Gasteiger partial charge in [-0.15, -0.1) is 12.4 Å². The summed E-state index contributed by atoms with van der Waals surface area (Å²) in [4.78, 5) is 13.3. The molecule has 9 heteroatoms.